The molecule has 21 heavy (non-hydrogen) atoms. The number of fused-ring (bicyclic) bond motifs is 3. The van der Waals surface area contributed by atoms with Gasteiger partial charge in [-0.25, -0.2) is 0 Å². The predicted molar refractivity (Wildman–Crippen MR) is 85.7 cm³/mol. The van der Waals surface area contributed by atoms with Crippen LogP contribution in [-0.2, 0) is 0 Å². The Bertz CT molecular complexity index is 760. The molecule has 0 unspecified atom stereocenters. The highest BCUT2D eigenvalue weighted by molar-refractivity contribution is 6.10. The average molecular weight is 389 g/mol. The molecule has 1 heterocycles. The van der Waals surface area contributed by atoms with E-state index in [0.29, 0.717) is 0 Å². The van der Waals surface area contributed by atoms with E-state index in [9.17, 15) is 0 Å². The maximum atomic E-state index is 2.32. The van der Waals surface area contributed by atoms with Crippen molar-refractivity contribution in [2.45, 2.75) is 19.3 Å². The van der Waals surface area contributed by atoms with Gasteiger partial charge in [-0.3, -0.25) is 0 Å². The Morgan fingerprint density at radius 3 is 2.24 bits per heavy atom. The van der Waals surface area contributed by atoms with Crippen LogP contribution in [0.2, 0.25) is 0 Å². The van der Waals surface area contributed by atoms with Gasteiger partial charge in [0.05, 0.1) is 13.1 Å². The molecular weight excluding hydrogens is 369 g/mol. The fraction of sp³-hybridized carbons (Fsp3) is 0.263. The summed E-state index contributed by atoms with van der Waals surface area (Å²) >= 11 is 0. The van der Waals surface area contributed by atoms with Crippen LogP contribution in [0.25, 0.3) is 21.5 Å². The van der Waals surface area contributed by atoms with E-state index in [0.717, 1.165) is 0 Å². The third kappa shape index (κ3) is 2.67. The molecule has 108 valence electrons. The zero-order chi connectivity index (χ0) is 13.4. The van der Waals surface area contributed by atoms with Gasteiger partial charge in [-0.2, -0.15) is 0 Å². The smallest absolute Gasteiger partial charge is 0.139 e. The molecule has 0 aliphatic carbocycles. The fourth-order valence-corrected chi connectivity index (χ4v) is 3.60. The molecule has 2 heteroatoms. The first kappa shape index (κ1) is 14.8. The van der Waals surface area contributed by atoms with Crippen molar-refractivity contribution in [2.24, 2.45) is 0 Å². The van der Waals surface area contributed by atoms with Crippen LogP contribution in [-0.4, -0.2) is 13.1 Å². The number of rotatable bonds is 1. The summed E-state index contributed by atoms with van der Waals surface area (Å²) in [5.74, 6) is 0. The van der Waals surface area contributed by atoms with Gasteiger partial charge in [0.25, 0.3) is 0 Å². The molecule has 1 nitrogen and oxygen atoms in total. The van der Waals surface area contributed by atoms with E-state index >= 15 is 0 Å². The second-order valence-corrected chi connectivity index (χ2v) is 5.85. The van der Waals surface area contributed by atoms with Gasteiger partial charge in [-0.1, -0.05) is 42.5 Å². The lowest BCUT2D eigenvalue weighted by molar-refractivity contribution is -0.837. The molecule has 1 N–H and O–H groups in total. The first-order valence-corrected chi connectivity index (χ1v) is 7.69. The van der Waals surface area contributed by atoms with Crippen molar-refractivity contribution in [1.29, 1.82) is 0 Å². The molecule has 1 fully saturated rings. The molecule has 1 saturated heterocycles. The molecule has 4 rings (SSSR count). The number of hydrogen-bond donors (Lipinski definition) is 1. The van der Waals surface area contributed by atoms with Crippen LogP contribution in [0.15, 0.2) is 54.6 Å². The lowest BCUT2D eigenvalue weighted by Gasteiger charge is -2.24. The Morgan fingerprint density at radius 2 is 1.38 bits per heavy atom. The van der Waals surface area contributed by atoms with E-state index in [-0.39, 0.29) is 24.0 Å². The number of nitrogens with one attached hydrogen (secondary N) is 1. The maximum Gasteiger partial charge on any atom is 0.139 e. The van der Waals surface area contributed by atoms with Gasteiger partial charge in [-0.05, 0) is 47.6 Å². The van der Waals surface area contributed by atoms with Crippen molar-refractivity contribution in [3.63, 3.8) is 0 Å². The normalized spacial score (nSPS) is 16.0. The van der Waals surface area contributed by atoms with Crippen LogP contribution < -0.4 is 28.9 Å². The van der Waals surface area contributed by atoms with Crippen LogP contribution in [0.3, 0.4) is 0 Å². The number of halogens is 1. The molecule has 0 bridgehead atoms. The minimum atomic E-state index is 0. The Kier molecular flexibility index (Phi) is 4.45. The van der Waals surface area contributed by atoms with Gasteiger partial charge in [0, 0.05) is 5.39 Å². The first-order valence-electron chi connectivity index (χ1n) is 7.69. The zero-order valence-electron chi connectivity index (χ0n) is 12.1. The molecule has 0 radical (unpaired) electrons. The Balaban J connectivity index is 0.00000132. The van der Waals surface area contributed by atoms with Crippen molar-refractivity contribution < 1.29 is 28.9 Å². The standard InChI is InChI=1S/C19H19N.HI/c1-4-13-20(14-5-1)19-10-6-9-17-16-8-3-2-7-15(16)11-12-18(17)19;/h2-3,6-12H,1,4-5,13-14H2;1H. The van der Waals surface area contributed by atoms with Crippen LogP contribution in [0.1, 0.15) is 19.3 Å². The van der Waals surface area contributed by atoms with Crippen molar-refractivity contribution in [2.75, 3.05) is 13.1 Å². The summed E-state index contributed by atoms with van der Waals surface area (Å²) in [6.45, 7) is 2.57. The van der Waals surface area contributed by atoms with Gasteiger partial charge in [-0.15, -0.1) is 0 Å². The summed E-state index contributed by atoms with van der Waals surface area (Å²) in [4.78, 5) is 1.66. The monoisotopic (exact) mass is 389 g/mol. The number of quaternary nitrogens is 1. The van der Waals surface area contributed by atoms with E-state index in [2.05, 4.69) is 54.6 Å². The summed E-state index contributed by atoms with van der Waals surface area (Å²) in [6, 6.07) is 20.1. The quantitative estimate of drug-likeness (QED) is 0.462. The van der Waals surface area contributed by atoms with Crippen LogP contribution in [0, 0.1) is 0 Å². The summed E-state index contributed by atoms with van der Waals surface area (Å²) < 4.78 is 0. The van der Waals surface area contributed by atoms with E-state index in [1.54, 1.807) is 4.90 Å². The lowest BCUT2D eigenvalue weighted by atomic mass is 9.99. The Morgan fingerprint density at radius 1 is 0.619 bits per heavy atom. The zero-order valence-corrected chi connectivity index (χ0v) is 14.3. The van der Waals surface area contributed by atoms with Crippen molar-refractivity contribution >= 4 is 27.2 Å². The summed E-state index contributed by atoms with van der Waals surface area (Å²) in [5.41, 5.74) is 1.49. The molecule has 0 spiro atoms. The summed E-state index contributed by atoms with van der Waals surface area (Å²) in [6.07, 6.45) is 4.12. The Hall–Kier alpha value is -1.13. The molecular formula is C19H20IN. The molecule has 0 saturated carbocycles. The van der Waals surface area contributed by atoms with E-state index in [1.807, 2.05) is 0 Å². The van der Waals surface area contributed by atoms with E-state index < -0.39 is 0 Å². The van der Waals surface area contributed by atoms with Gasteiger partial charge in [0.15, 0.2) is 0 Å². The molecule has 3 aromatic rings. The summed E-state index contributed by atoms with van der Waals surface area (Å²) in [5, 5.41) is 5.55. The minimum absolute atomic E-state index is 0. The minimum Gasteiger partial charge on any atom is -1.00 e. The summed E-state index contributed by atoms with van der Waals surface area (Å²) in [7, 11) is 0. The number of hydrogen-bond acceptors (Lipinski definition) is 0. The second kappa shape index (κ2) is 6.32. The fourth-order valence-electron chi connectivity index (χ4n) is 3.60. The molecule has 0 aromatic heterocycles. The third-order valence-corrected chi connectivity index (χ3v) is 4.62. The molecule has 0 amide bonds. The number of benzene rings is 3. The molecule has 0 atom stereocenters. The largest absolute Gasteiger partial charge is 1.00 e. The van der Waals surface area contributed by atoms with Gasteiger partial charge in [0.1, 0.15) is 5.69 Å². The van der Waals surface area contributed by atoms with Crippen molar-refractivity contribution in [3.8, 4) is 0 Å². The topological polar surface area (TPSA) is 4.44 Å². The highest BCUT2D eigenvalue weighted by Crippen LogP contribution is 2.28. The molecule has 1 aliphatic rings. The van der Waals surface area contributed by atoms with Crippen molar-refractivity contribution in [1.82, 2.24) is 0 Å². The van der Waals surface area contributed by atoms with Crippen LogP contribution >= 0.6 is 0 Å². The van der Waals surface area contributed by atoms with Gasteiger partial charge >= 0.3 is 0 Å². The van der Waals surface area contributed by atoms with Gasteiger partial charge < -0.3 is 28.9 Å². The lowest BCUT2D eigenvalue weighted by Crippen LogP contribution is -3.08. The van der Waals surface area contributed by atoms with Crippen LogP contribution in [0.5, 0.6) is 0 Å². The van der Waals surface area contributed by atoms with E-state index in [1.165, 1.54) is 59.6 Å². The Labute approximate surface area is 143 Å². The highest BCUT2D eigenvalue weighted by atomic mass is 127. The number of piperidine rings is 1. The van der Waals surface area contributed by atoms with E-state index in [4.69, 9.17) is 0 Å². The average Bonchev–Trinajstić information content (AvgIpc) is 2.55. The van der Waals surface area contributed by atoms with Gasteiger partial charge in [0.2, 0.25) is 0 Å². The second-order valence-electron chi connectivity index (χ2n) is 5.85. The predicted octanol–water partition coefficient (Wildman–Crippen LogP) is 0.697. The van der Waals surface area contributed by atoms with Crippen molar-refractivity contribution in [3.05, 3.63) is 54.6 Å². The first-order chi connectivity index (χ1) is 9.93. The molecule has 1 aliphatic heterocycles. The molecule has 3 aromatic carbocycles. The maximum absolute atomic E-state index is 2.32. The third-order valence-electron chi connectivity index (χ3n) is 4.62. The highest BCUT2D eigenvalue weighted by Gasteiger charge is 2.18. The SMILES string of the molecule is [I-].c1ccc2c(c1)ccc1c([NH+]3CCCCC3)cccc12. The van der Waals surface area contributed by atoms with Crippen LogP contribution in [0.4, 0.5) is 5.69 Å².